The SMILES string of the molecule is Cc1cccc(C(=O)Nc2nc(C(C)N)cs2)n1. The lowest BCUT2D eigenvalue weighted by Crippen LogP contribution is -2.14. The van der Waals surface area contributed by atoms with Gasteiger partial charge < -0.3 is 5.73 Å². The van der Waals surface area contributed by atoms with Crippen molar-refractivity contribution in [3.05, 3.63) is 40.7 Å². The third kappa shape index (κ3) is 2.91. The molecule has 3 N–H and O–H groups in total. The summed E-state index contributed by atoms with van der Waals surface area (Å²) in [6.07, 6.45) is 0. The Balaban J connectivity index is 2.11. The van der Waals surface area contributed by atoms with E-state index in [0.717, 1.165) is 11.4 Å². The number of aromatic nitrogens is 2. The summed E-state index contributed by atoms with van der Waals surface area (Å²) in [6.45, 7) is 3.69. The predicted octanol–water partition coefficient (Wildman–Crippen LogP) is 2.12. The van der Waals surface area contributed by atoms with E-state index >= 15 is 0 Å². The zero-order chi connectivity index (χ0) is 13.1. The number of nitrogens with one attached hydrogen (secondary N) is 1. The molecule has 94 valence electrons. The van der Waals surface area contributed by atoms with E-state index in [9.17, 15) is 4.79 Å². The molecule has 0 saturated heterocycles. The standard InChI is InChI=1S/C12H14N4OS/c1-7-4-3-5-9(14-7)11(17)16-12-15-10(6-18-12)8(2)13/h3-6,8H,13H2,1-2H3,(H,15,16,17). The number of amides is 1. The molecule has 2 rings (SSSR count). The lowest BCUT2D eigenvalue weighted by atomic mass is 10.3. The van der Waals surface area contributed by atoms with Crippen LogP contribution < -0.4 is 11.1 Å². The number of pyridine rings is 1. The Morgan fingerprint density at radius 1 is 1.44 bits per heavy atom. The van der Waals surface area contributed by atoms with Gasteiger partial charge in [0.25, 0.3) is 5.91 Å². The van der Waals surface area contributed by atoms with Gasteiger partial charge in [0, 0.05) is 17.1 Å². The van der Waals surface area contributed by atoms with Crippen LogP contribution in [-0.4, -0.2) is 15.9 Å². The lowest BCUT2D eigenvalue weighted by molar-refractivity contribution is 0.102. The van der Waals surface area contributed by atoms with Gasteiger partial charge in [0.1, 0.15) is 5.69 Å². The molecule has 0 spiro atoms. The molecule has 0 fully saturated rings. The summed E-state index contributed by atoms with van der Waals surface area (Å²) in [7, 11) is 0. The Morgan fingerprint density at radius 3 is 2.83 bits per heavy atom. The van der Waals surface area contributed by atoms with Crippen LogP contribution in [0, 0.1) is 6.92 Å². The van der Waals surface area contributed by atoms with E-state index in [1.165, 1.54) is 11.3 Å². The summed E-state index contributed by atoms with van der Waals surface area (Å²) >= 11 is 1.35. The van der Waals surface area contributed by atoms with Crippen LogP contribution in [0.4, 0.5) is 5.13 Å². The molecule has 6 heteroatoms. The molecule has 1 amide bonds. The van der Waals surface area contributed by atoms with Gasteiger partial charge in [-0.05, 0) is 26.0 Å². The smallest absolute Gasteiger partial charge is 0.276 e. The lowest BCUT2D eigenvalue weighted by Gasteiger charge is -2.02. The van der Waals surface area contributed by atoms with Gasteiger partial charge in [0.05, 0.1) is 5.69 Å². The molecule has 0 bridgehead atoms. The highest BCUT2D eigenvalue weighted by molar-refractivity contribution is 7.14. The molecule has 0 aliphatic carbocycles. The average molecular weight is 262 g/mol. The van der Waals surface area contributed by atoms with E-state index in [2.05, 4.69) is 15.3 Å². The molecule has 1 unspecified atom stereocenters. The summed E-state index contributed by atoms with van der Waals surface area (Å²) in [6, 6.07) is 5.17. The molecule has 2 aromatic heterocycles. The minimum absolute atomic E-state index is 0.135. The van der Waals surface area contributed by atoms with Crippen molar-refractivity contribution in [2.45, 2.75) is 19.9 Å². The van der Waals surface area contributed by atoms with Gasteiger partial charge in [-0.3, -0.25) is 10.1 Å². The summed E-state index contributed by atoms with van der Waals surface area (Å²) < 4.78 is 0. The highest BCUT2D eigenvalue weighted by Gasteiger charge is 2.11. The largest absolute Gasteiger partial charge is 0.323 e. The fourth-order valence-electron chi connectivity index (χ4n) is 1.38. The quantitative estimate of drug-likeness (QED) is 0.887. The van der Waals surface area contributed by atoms with Crippen molar-refractivity contribution in [1.82, 2.24) is 9.97 Å². The normalized spacial score (nSPS) is 12.2. The van der Waals surface area contributed by atoms with Crippen LogP contribution in [0.15, 0.2) is 23.6 Å². The summed E-state index contributed by atoms with van der Waals surface area (Å²) in [5, 5.41) is 5.09. The number of nitrogens with zero attached hydrogens (tertiary/aromatic N) is 2. The Labute approximate surface area is 109 Å². The molecule has 18 heavy (non-hydrogen) atoms. The highest BCUT2D eigenvalue weighted by Crippen LogP contribution is 2.19. The Bertz CT molecular complexity index is 565. The number of thiazole rings is 1. The summed E-state index contributed by atoms with van der Waals surface area (Å²) in [5.41, 5.74) is 7.66. The Kier molecular flexibility index (Phi) is 3.69. The first-order chi connectivity index (χ1) is 8.56. The van der Waals surface area contributed by atoms with Crippen LogP contribution >= 0.6 is 11.3 Å². The zero-order valence-corrected chi connectivity index (χ0v) is 11.0. The number of nitrogens with two attached hydrogens (primary N) is 1. The molecule has 0 aliphatic rings. The average Bonchev–Trinajstić information content (AvgIpc) is 2.77. The maximum Gasteiger partial charge on any atom is 0.276 e. The first kappa shape index (κ1) is 12.7. The minimum Gasteiger partial charge on any atom is -0.323 e. The molecule has 0 aromatic carbocycles. The summed E-state index contributed by atoms with van der Waals surface area (Å²) in [4.78, 5) is 20.3. The van der Waals surface area contributed by atoms with Gasteiger partial charge in [-0.25, -0.2) is 9.97 Å². The van der Waals surface area contributed by atoms with Gasteiger partial charge in [0.15, 0.2) is 5.13 Å². The monoisotopic (exact) mass is 262 g/mol. The zero-order valence-electron chi connectivity index (χ0n) is 10.2. The molecule has 0 saturated carbocycles. The first-order valence-corrected chi connectivity index (χ1v) is 6.40. The number of rotatable bonds is 3. The van der Waals surface area contributed by atoms with Crippen LogP contribution in [-0.2, 0) is 0 Å². The molecular formula is C12H14N4OS. The Morgan fingerprint density at radius 2 is 2.22 bits per heavy atom. The van der Waals surface area contributed by atoms with Crippen molar-refractivity contribution in [3.63, 3.8) is 0 Å². The van der Waals surface area contributed by atoms with Crippen molar-refractivity contribution in [2.75, 3.05) is 5.32 Å². The minimum atomic E-state index is -0.260. The molecule has 2 aromatic rings. The maximum atomic E-state index is 11.9. The maximum absolute atomic E-state index is 11.9. The third-order valence-corrected chi connectivity index (χ3v) is 3.11. The van der Waals surface area contributed by atoms with E-state index in [4.69, 9.17) is 5.73 Å². The van der Waals surface area contributed by atoms with Crippen molar-refractivity contribution >= 4 is 22.4 Å². The Hall–Kier alpha value is -1.79. The van der Waals surface area contributed by atoms with Crippen LogP contribution in [0.3, 0.4) is 0 Å². The molecule has 0 radical (unpaired) electrons. The fraction of sp³-hybridized carbons (Fsp3) is 0.250. The second-order valence-corrected chi connectivity index (χ2v) is 4.84. The van der Waals surface area contributed by atoms with Crippen molar-refractivity contribution in [1.29, 1.82) is 0 Å². The van der Waals surface area contributed by atoms with Gasteiger partial charge in [-0.15, -0.1) is 11.3 Å². The van der Waals surface area contributed by atoms with Gasteiger partial charge >= 0.3 is 0 Å². The summed E-state index contributed by atoms with van der Waals surface area (Å²) in [5.74, 6) is -0.260. The van der Waals surface area contributed by atoms with Gasteiger partial charge in [-0.2, -0.15) is 0 Å². The van der Waals surface area contributed by atoms with Crippen molar-refractivity contribution < 1.29 is 4.79 Å². The molecular weight excluding hydrogens is 248 g/mol. The van der Waals surface area contributed by atoms with E-state index in [0.29, 0.717) is 10.8 Å². The van der Waals surface area contributed by atoms with Gasteiger partial charge in [0.2, 0.25) is 0 Å². The number of hydrogen-bond acceptors (Lipinski definition) is 5. The predicted molar refractivity (Wildman–Crippen MR) is 71.6 cm³/mol. The van der Waals surface area contributed by atoms with E-state index in [1.807, 2.05) is 25.3 Å². The van der Waals surface area contributed by atoms with Crippen LogP contribution in [0.5, 0.6) is 0 Å². The molecule has 1 atom stereocenters. The second kappa shape index (κ2) is 5.24. The number of carbonyl (C=O) groups excluding carboxylic acids is 1. The highest BCUT2D eigenvalue weighted by atomic mass is 32.1. The second-order valence-electron chi connectivity index (χ2n) is 3.98. The van der Waals surface area contributed by atoms with Crippen LogP contribution in [0.2, 0.25) is 0 Å². The first-order valence-electron chi connectivity index (χ1n) is 5.52. The fourth-order valence-corrected chi connectivity index (χ4v) is 2.19. The van der Waals surface area contributed by atoms with E-state index < -0.39 is 0 Å². The number of carbonyl (C=O) groups is 1. The third-order valence-electron chi connectivity index (χ3n) is 2.33. The van der Waals surface area contributed by atoms with E-state index in [1.54, 1.807) is 12.1 Å². The number of aryl methyl sites for hydroxylation is 1. The number of hydrogen-bond donors (Lipinski definition) is 2. The van der Waals surface area contributed by atoms with Crippen molar-refractivity contribution in [3.8, 4) is 0 Å². The molecule has 5 nitrogen and oxygen atoms in total. The molecule has 0 aliphatic heterocycles. The van der Waals surface area contributed by atoms with Crippen LogP contribution in [0.1, 0.15) is 34.8 Å². The van der Waals surface area contributed by atoms with Crippen LogP contribution in [0.25, 0.3) is 0 Å². The van der Waals surface area contributed by atoms with Crippen molar-refractivity contribution in [2.24, 2.45) is 5.73 Å². The number of anilines is 1. The van der Waals surface area contributed by atoms with Gasteiger partial charge in [-0.1, -0.05) is 6.07 Å². The van der Waals surface area contributed by atoms with E-state index in [-0.39, 0.29) is 11.9 Å². The molecule has 2 heterocycles. The topological polar surface area (TPSA) is 80.9 Å².